The Morgan fingerprint density at radius 1 is 1.16 bits per heavy atom. The standard InChI is InChI=1S/C13H27NO4Si/c1-12(2)13(15)18-9-5-6-10-19(16-3,17-4)11-7-8-14/h1,5-11,14H2,2-4H3. The summed E-state index contributed by atoms with van der Waals surface area (Å²) in [6, 6.07) is 1.80. The van der Waals surface area contributed by atoms with Crippen LogP contribution in [0.4, 0.5) is 0 Å². The lowest BCUT2D eigenvalue weighted by atomic mass is 10.3. The zero-order chi connectivity index (χ0) is 14.7. The first-order chi connectivity index (χ1) is 9.01. The zero-order valence-corrected chi connectivity index (χ0v) is 13.4. The molecule has 0 bridgehead atoms. The average molecular weight is 289 g/mol. The molecule has 19 heavy (non-hydrogen) atoms. The topological polar surface area (TPSA) is 70.8 Å². The number of ether oxygens (including phenoxy) is 1. The molecule has 6 heteroatoms. The smallest absolute Gasteiger partial charge is 0.337 e. The molecule has 0 aliphatic carbocycles. The molecule has 0 aliphatic heterocycles. The average Bonchev–Trinajstić information content (AvgIpc) is 2.42. The number of hydrogen-bond donors (Lipinski definition) is 1. The van der Waals surface area contributed by atoms with Gasteiger partial charge in [-0.3, -0.25) is 0 Å². The molecule has 0 fully saturated rings. The van der Waals surface area contributed by atoms with Crippen LogP contribution in [0.2, 0.25) is 12.1 Å². The maximum atomic E-state index is 11.2. The summed E-state index contributed by atoms with van der Waals surface area (Å²) in [6.07, 6.45) is 2.64. The van der Waals surface area contributed by atoms with Crippen molar-refractivity contribution in [1.29, 1.82) is 0 Å². The summed E-state index contributed by atoms with van der Waals surface area (Å²) in [6.45, 7) is 6.24. The molecule has 0 saturated carbocycles. The van der Waals surface area contributed by atoms with E-state index in [0.717, 1.165) is 31.4 Å². The highest BCUT2D eigenvalue weighted by Gasteiger charge is 2.33. The van der Waals surface area contributed by atoms with Crippen LogP contribution in [0.25, 0.3) is 0 Å². The number of unbranched alkanes of at least 4 members (excludes halogenated alkanes) is 1. The minimum atomic E-state index is -2.10. The highest BCUT2D eigenvalue weighted by atomic mass is 28.4. The summed E-state index contributed by atoms with van der Waals surface area (Å²) < 4.78 is 16.2. The van der Waals surface area contributed by atoms with Gasteiger partial charge in [-0.05, 0) is 44.8 Å². The maximum Gasteiger partial charge on any atom is 0.337 e. The molecule has 0 rings (SSSR count). The molecule has 0 aromatic carbocycles. The molecule has 0 spiro atoms. The van der Waals surface area contributed by atoms with Crippen LogP contribution in [-0.4, -0.2) is 41.9 Å². The van der Waals surface area contributed by atoms with Crippen molar-refractivity contribution < 1.29 is 18.4 Å². The van der Waals surface area contributed by atoms with E-state index in [4.69, 9.17) is 19.3 Å². The van der Waals surface area contributed by atoms with Crippen LogP contribution in [0, 0.1) is 0 Å². The third-order valence-corrected chi connectivity index (χ3v) is 6.76. The minimum Gasteiger partial charge on any atom is -0.462 e. The molecule has 112 valence electrons. The third kappa shape index (κ3) is 7.46. The fourth-order valence-electron chi connectivity index (χ4n) is 1.77. The second-order valence-corrected chi connectivity index (χ2v) is 8.22. The van der Waals surface area contributed by atoms with E-state index in [0.29, 0.717) is 18.7 Å². The van der Waals surface area contributed by atoms with Gasteiger partial charge in [-0.15, -0.1) is 0 Å². The molecule has 0 amide bonds. The molecule has 0 heterocycles. The number of rotatable bonds is 11. The Morgan fingerprint density at radius 3 is 2.21 bits per heavy atom. The highest BCUT2D eigenvalue weighted by Crippen LogP contribution is 2.22. The van der Waals surface area contributed by atoms with E-state index in [1.165, 1.54) is 0 Å². The first-order valence-corrected chi connectivity index (χ1v) is 8.87. The van der Waals surface area contributed by atoms with Gasteiger partial charge in [0.2, 0.25) is 0 Å². The zero-order valence-electron chi connectivity index (χ0n) is 12.4. The predicted molar refractivity (Wildman–Crippen MR) is 78.1 cm³/mol. The summed E-state index contributed by atoms with van der Waals surface area (Å²) in [5.74, 6) is -0.329. The fraction of sp³-hybridized carbons (Fsp3) is 0.769. The van der Waals surface area contributed by atoms with Crippen LogP contribution in [-0.2, 0) is 18.4 Å². The molecule has 0 unspecified atom stereocenters. The van der Waals surface area contributed by atoms with Gasteiger partial charge >= 0.3 is 14.5 Å². The Kier molecular flexibility index (Phi) is 9.77. The van der Waals surface area contributed by atoms with Gasteiger partial charge in [0, 0.05) is 19.8 Å². The van der Waals surface area contributed by atoms with Gasteiger partial charge in [0.15, 0.2) is 0 Å². The van der Waals surface area contributed by atoms with E-state index >= 15 is 0 Å². The molecular formula is C13H27NO4Si. The lowest BCUT2D eigenvalue weighted by Crippen LogP contribution is -2.40. The van der Waals surface area contributed by atoms with Gasteiger partial charge in [-0.25, -0.2) is 4.79 Å². The molecule has 2 N–H and O–H groups in total. The second-order valence-electron chi connectivity index (χ2n) is 4.58. The molecule has 0 saturated heterocycles. The Bertz CT molecular complexity index is 280. The van der Waals surface area contributed by atoms with Crippen molar-refractivity contribution >= 4 is 14.5 Å². The second kappa shape index (κ2) is 10.1. The molecule has 0 aliphatic rings. The van der Waals surface area contributed by atoms with Crippen molar-refractivity contribution in [2.24, 2.45) is 5.73 Å². The van der Waals surface area contributed by atoms with Crippen molar-refractivity contribution in [2.45, 2.75) is 38.3 Å². The maximum absolute atomic E-state index is 11.2. The molecule has 5 nitrogen and oxygen atoms in total. The third-order valence-electron chi connectivity index (χ3n) is 3.04. The van der Waals surface area contributed by atoms with Crippen LogP contribution >= 0.6 is 0 Å². The SMILES string of the molecule is C=C(C)C(=O)OCCCC[Si](CCCN)(OC)OC. The van der Waals surface area contributed by atoms with Gasteiger partial charge < -0.3 is 19.3 Å². The van der Waals surface area contributed by atoms with Crippen LogP contribution in [0.1, 0.15) is 26.2 Å². The molecule has 0 atom stereocenters. The number of carbonyl (C=O) groups excluding carboxylic acids is 1. The van der Waals surface area contributed by atoms with Gasteiger partial charge in [0.05, 0.1) is 6.61 Å². The molecule has 0 aromatic heterocycles. The van der Waals surface area contributed by atoms with Gasteiger partial charge in [0.1, 0.15) is 0 Å². The Morgan fingerprint density at radius 2 is 1.74 bits per heavy atom. The van der Waals surface area contributed by atoms with Crippen molar-refractivity contribution in [3.63, 3.8) is 0 Å². The number of nitrogens with two attached hydrogens (primary N) is 1. The summed E-state index contributed by atoms with van der Waals surface area (Å²) in [7, 11) is 1.30. The van der Waals surface area contributed by atoms with Crippen molar-refractivity contribution in [1.82, 2.24) is 0 Å². The summed E-state index contributed by atoms with van der Waals surface area (Å²) in [4.78, 5) is 11.2. The number of carbonyl (C=O) groups is 1. The van der Waals surface area contributed by atoms with E-state index in [2.05, 4.69) is 6.58 Å². The number of esters is 1. The van der Waals surface area contributed by atoms with Gasteiger partial charge in [-0.2, -0.15) is 0 Å². The van der Waals surface area contributed by atoms with E-state index in [1.54, 1.807) is 21.1 Å². The van der Waals surface area contributed by atoms with Crippen LogP contribution in [0.15, 0.2) is 12.2 Å². The monoisotopic (exact) mass is 289 g/mol. The van der Waals surface area contributed by atoms with E-state index in [1.807, 2.05) is 0 Å². The Hall–Kier alpha value is -0.693. The first kappa shape index (κ1) is 18.3. The van der Waals surface area contributed by atoms with Crippen LogP contribution in [0.5, 0.6) is 0 Å². The largest absolute Gasteiger partial charge is 0.462 e. The first-order valence-electron chi connectivity index (χ1n) is 6.64. The highest BCUT2D eigenvalue weighted by molar-refractivity contribution is 6.67. The van der Waals surface area contributed by atoms with Gasteiger partial charge in [-0.1, -0.05) is 6.58 Å². The Labute approximate surface area is 117 Å². The fourth-order valence-corrected chi connectivity index (χ4v) is 4.54. The van der Waals surface area contributed by atoms with Crippen molar-refractivity contribution in [3.8, 4) is 0 Å². The van der Waals surface area contributed by atoms with Crippen LogP contribution < -0.4 is 5.73 Å². The molecular weight excluding hydrogens is 262 g/mol. The lowest BCUT2D eigenvalue weighted by Gasteiger charge is -2.27. The van der Waals surface area contributed by atoms with Crippen LogP contribution in [0.3, 0.4) is 0 Å². The van der Waals surface area contributed by atoms with E-state index < -0.39 is 8.56 Å². The molecule has 0 aromatic rings. The Balaban J connectivity index is 3.93. The van der Waals surface area contributed by atoms with E-state index in [9.17, 15) is 4.79 Å². The quantitative estimate of drug-likeness (QED) is 0.272. The van der Waals surface area contributed by atoms with E-state index in [-0.39, 0.29) is 5.97 Å². The minimum absolute atomic E-state index is 0.329. The summed E-state index contributed by atoms with van der Waals surface area (Å²) in [5, 5.41) is 0. The van der Waals surface area contributed by atoms with Crippen molar-refractivity contribution in [3.05, 3.63) is 12.2 Å². The molecule has 0 radical (unpaired) electrons. The van der Waals surface area contributed by atoms with Crippen molar-refractivity contribution in [2.75, 3.05) is 27.4 Å². The summed E-state index contributed by atoms with van der Waals surface area (Å²) in [5.41, 5.74) is 5.96. The van der Waals surface area contributed by atoms with Gasteiger partial charge in [0.25, 0.3) is 0 Å². The normalized spacial score (nSPS) is 11.4. The predicted octanol–water partition coefficient (Wildman–Crippen LogP) is 1.97. The summed E-state index contributed by atoms with van der Waals surface area (Å²) >= 11 is 0. The number of hydrogen-bond acceptors (Lipinski definition) is 5. The lowest BCUT2D eigenvalue weighted by molar-refractivity contribution is -0.139.